The van der Waals surface area contributed by atoms with Gasteiger partial charge < -0.3 is 15.4 Å². The van der Waals surface area contributed by atoms with Crippen LogP contribution in [0.4, 0.5) is 0 Å². The first kappa shape index (κ1) is 16.2. The summed E-state index contributed by atoms with van der Waals surface area (Å²) >= 11 is 0. The Kier molecular flexibility index (Phi) is 24.4. The van der Waals surface area contributed by atoms with E-state index in [-0.39, 0.29) is 31.7 Å². The van der Waals surface area contributed by atoms with Gasteiger partial charge in [0.05, 0.1) is 0 Å². The van der Waals surface area contributed by atoms with E-state index in [4.69, 9.17) is 9.90 Å². The molecule has 3 nitrogen and oxygen atoms in total. The van der Waals surface area contributed by atoms with Gasteiger partial charge in [-0.3, -0.25) is 0 Å². The molecule has 0 unspecified atom stereocenters. The van der Waals surface area contributed by atoms with Crippen molar-refractivity contribution in [2.45, 2.75) is 6.92 Å². The van der Waals surface area contributed by atoms with Crippen LogP contribution in [0.25, 0.3) is 0 Å². The molecule has 0 bridgehead atoms. The van der Waals surface area contributed by atoms with E-state index in [0.717, 1.165) is 6.92 Å². The second-order valence-corrected chi connectivity index (χ2v) is 0.492. The molecule has 0 aromatic heterocycles. The Morgan fingerprint density at radius 3 is 1.67 bits per heavy atom. The van der Waals surface area contributed by atoms with E-state index < -0.39 is 5.97 Å². The van der Waals surface area contributed by atoms with Crippen LogP contribution in [-0.2, 0) is 31.0 Å². The number of carbonyl (C=O) groups is 1. The third kappa shape index (κ3) is 483. The van der Waals surface area contributed by atoms with Gasteiger partial charge in [0.25, 0.3) is 0 Å². The molecule has 0 fully saturated rings. The third-order valence-electron chi connectivity index (χ3n) is 0. The monoisotopic (exact) mass is 166 g/mol. The van der Waals surface area contributed by atoms with E-state index in [1.54, 1.807) is 0 Å². The molecule has 0 aliphatic heterocycles. The predicted molar refractivity (Wildman–Crippen MR) is 12.6 cm³/mol. The quantitative estimate of drug-likeness (QED) is 0.444. The first-order valence-corrected chi connectivity index (χ1v) is 0.908. The second kappa shape index (κ2) is 9.00. The van der Waals surface area contributed by atoms with Gasteiger partial charge >= 0.3 is 26.2 Å². The molecular formula is C2H4O3Zr. The second-order valence-electron chi connectivity index (χ2n) is 0.492. The van der Waals surface area contributed by atoms with Gasteiger partial charge in [-0.05, 0) is 6.92 Å². The third-order valence-corrected chi connectivity index (χ3v) is 0. The van der Waals surface area contributed by atoms with Gasteiger partial charge in [0.15, 0.2) is 0 Å². The summed E-state index contributed by atoms with van der Waals surface area (Å²) in [5, 5.41) is 8.89. The van der Waals surface area contributed by atoms with Crippen LogP contribution in [0.1, 0.15) is 6.92 Å². The zero-order chi connectivity index (χ0) is 3.58. The molecule has 0 amide bonds. The standard InChI is InChI=1S/C2H4O2.H2O.Zr/c1-2(3)4;;/h1H3,(H,3,4);1H2;/q;;+2/p-2. The van der Waals surface area contributed by atoms with Gasteiger partial charge in [-0.2, -0.15) is 0 Å². The van der Waals surface area contributed by atoms with Crippen molar-refractivity contribution in [3.8, 4) is 0 Å². The van der Waals surface area contributed by atoms with Crippen LogP contribution in [0.5, 0.6) is 0 Å². The summed E-state index contributed by atoms with van der Waals surface area (Å²) in [6.07, 6.45) is 0. The van der Waals surface area contributed by atoms with Gasteiger partial charge in [0.1, 0.15) is 0 Å². The molecule has 0 radical (unpaired) electrons. The van der Waals surface area contributed by atoms with Gasteiger partial charge in [-0.15, -0.1) is 0 Å². The van der Waals surface area contributed by atoms with E-state index in [1.807, 2.05) is 0 Å². The van der Waals surface area contributed by atoms with Crippen LogP contribution >= 0.6 is 0 Å². The van der Waals surface area contributed by atoms with Crippen molar-refractivity contribution in [1.29, 1.82) is 0 Å². The fourth-order valence-electron chi connectivity index (χ4n) is 0. The minimum Gasteiger partial charge on any atom is -0.870 e. The van der Waals surface area contributed by atoms with Crippen LogP contribution in [0, 0.1) is 0 Å². The normalized spacial score (nSPS) is 4.17. The van der Waals surface area contributed by atoms with Crippen LogP contribution in [-0.4, -0.2) is 11.4 Å². The summed E-state index contributed by atoms with van der Waals surface area (Å²) in [6, 6.07) is 0. The largest absolute Gasteiger partial charge is 2.00 e. The summed E-state index contributed by atoms with van der Waals surface area (Å²) in [5.41, 5.74) is 0. The summed E-state index contributed by atoms with van der Waals surface area (Å²) in [4.78, 5) is 8.89. The number of hydrogen-bond donors (Lipinski definition) is 0. The van der Waals surface area contributed by atoms with Crippen molar-refractivity contribution in [1.82, 2.24) is 0 Å². The zero-order valence-corrected chi connectivity index (χ0v) is 5.72. The maximum atomic E-state index is 8.89. The average Bonchev–Trinajstić information content (AvgIpc) is 0.811. The maximum Gasteiger partial charge on any atom is 2.00 e. The molecule has 4 heteroatoms. The molecule has 0 spiro atoms. The van der Waals surface area contributed by atoms with E-state index in [1.165, 1.54) is 0 Å². The molecule has 1 N–H and O–H groups in total. The van der Waals surface area contributed by atoms with Crippen molar-refractivity contribution in [2.75, 3.05) is 0 Å². The number of rotatable bonds is 0. The first-order valence-electron chi connectivity index (χ1n) is 0.908. The summed E-state index contributed by atoms with van der Waals surface area (Å²) in [5.74, 6) is -1.08. The average molecular weight is 167 g/mol. The molecule has 0 aromatic carbocycles. The molecule has 0 heterocycles. The van der Waals surface area contributed by atoms with Crippen LogP contribution < -0.4 is 5.11 Å². The smallest absolute Gasteiger partial charge is 0.870 e. The summed E-state index contributed by atoms with van der Waals surface area (Å²) in [7, 11) is 0. The predicted octanol–water partition coefficient (Wildman–Crippen LogP) is -1.42. The van der Waals surface area contributed by atoms with Gasteiger partial charge in [0, 0.05) is 5.97 Å². The van der Waals surface area contributed by atoms with Gasteiger partial charge in [-0.25, -0.2) is 0 Å². The molecule has 0 aliphatic rings. The molecule has 0 saturated heterocycles. The Balaban J connectivity index is -0.0000000450. The van der Waals surface area contributed by atoms with Gasteiger partial charge in [0.2, 0.25) is 0 Å². The molecule has 0 rings (SSSR count). The van der Waals surface area contributed by atoms with Gasteiger partial charge in [-0.1, -0.05) is 0 Å². The van der Waals surface area contributed by atoms with E-state index in [0.29, 0.717) is 0 Å². The fourth-order valence-corrected chi connectivity index (χ4v) is 0. The SMILES string of the molecule is CC(=O)[O-].[OH-].[Zr+2]. The molecular weight excluding hydrogens is 163 g/mol. The maximum absolute atomic E-state index is 8.89. The Bertz CT molecular complexity index is 31.8. The minimum atomic E-state index is -1.08. The molecule has 6 heavy (non-hydrogen) atoms. The number of aliphatic carboxylic acids is 1. The fraction of sp³-hybridized carbons (Fsp3) is 0.500. The number of hydrogen-bond acceptors (Lipinski definition) is 3. The number of carboxylic acid groups (broad SMARTS) is 1. The number of carbonyl (C=O) groups excluding carboxylic acids is 1. The summed E-state index contributed by atoms with van der Waals surface area (Å²) < 4.78 is 0. The van der Waals surface area contributed by atoms with E-state index in [9.17, 15) is 0 Å². The molecule has 0 aromatic rings. The Morgan fingerprint density at radius 2 is 1.67 bits per heavy atom. The van der Waals surface area contributed by atoms with Crippen LogP contribution in [0.15, 0.2) is 0 Å². The Labute approximate surface area is 54.8 Å². The van der Waals surface area contributed by atoms with Crippen LogP contribution in [0.3, 0.4) is 0 Å². The van der Waals surface area contributed by atoms with E-state index in [2.05, 4.69) is 0 Å². The van der Waals surface area contributed by atoms with Crippen LogP contribution in [0.2, 0.25) is 0 Å². The van der Waals surface area contributed by atoms with Crippen molar-refractivity contribution >= 4 is 5.97 Å². The summed E-state index contributed by atoms with van der Waals surface area (Å²) in [6.45, 7) is 0.972. The topological polar surface area (TPSA) is 70.1 Å². The Morgan fingerprint density at radius 1 is 1.67 bits per heavy atom. The van der Waals surface area contributed by atoms with E-state index >= 15 is 0 Å². The minimum absolute atomic E-state index is 0. The zero-order valence-electron chi connectivity index (χ0n) is 3.26. The molecule has 0 aliphatic carbocycles. The molecule has 34 valence electrons. The molecule has 0 saturated carbocycles. The molecule has 0 atom stereocenters. The van der Waals surface area contributed by atoms with Crippen molar-refractivity contribution in [3.63, 3.8) is 0 Å². The van der Waals surface area contributed by atoms with Crippen molar-refractivity contribution < 1.29 is 41.6 Å². The first-order chi connectivity index (χ1) is 1.73. The Hall–Kier alpha value is 0.313. The van der Waals surface area contributed by atoms with Crippen molar-refractivity contribution in [3.05, 3.63) is 0 Å². The number of carboxylic acids is 1. The van der Waals surface area contributed by atoms with Crippen molar-refractivity contribution in [2.24, 2.45) is 0 Å².